The van der Waals surface area contributed by atoms with Gasteiger partial charge in [0.2, 0.25) is 5.82 Å². The number of hydrogen-bond donors (Lipinski definition) is 0. The second-order valence-electron chi connectivity index (χ2n) is 7.73. The molecular formula is C23H24F2N4O. The molecule has 4 rings (SSSR count). The van der Waals surface area contributed by atoms with Gasteiger partial charge in [-0.15, -0.1) is 0 Å². The van der Waals surface area contributed by atoms with Crippen LogP contribution in [0.2, 0.25) is 0 Å². The summed E-state index contributed by atoms with van der Waals surface area (Å²) in [5, 5.41) is 0. The van der Waals surface area contributed by atoms with Gasteiger partial charge >= 0.3 is 0 Å². The maximum absolute atomic E-state index is 14.3. The molecule has 7 heteroatoms. The molecule has 0 saturated heterocycles. The third kappa shape index (κ3) is 4.78. The van der Waals surface area contributed by atoms with Crippen LogP contribution in [0, 0.1) is 17.6 Å². The van der Waals surface area contributed by atoms with Gasteiger partial charge in [0.1, 0.15) is 5.82 Å². The van der Waals surface area contributed by atoms with Gasteiger partial charge in [-0.3, -0.25) is 9.98 Å². The molecule has 0 amide bonds. The molecule has 30 heavy (non-hydrogen) atoms. The Labute approximate surface area is 174 Å². The first-order valence-electron chi connectivity index (χ1n) is 10.2. The molecule has 0 spiro atoms. The molecule has 2 unspecified atom stereocenters. The Morgan fingerprint density at radius 1 is 1.20 bits per heavy atom. The number of nitrogens with zero attached hydrogens (tertiary/aromatic N) is 4. The zero-order valence-corrected chi connectivity index (χ0v) is 16.7. The minimum Gasteiger partial charge on any atom is -0.487 e. The van der Waals surface area contributed by atoms with Crippen molar-refractivity contribution in [2.24, 2.45) is 15.9 Å². The molecule has 1 heterocycles. The Bertz CT molecular complexity index is 955. The van der Waals surface area contributed by atoms with Crippen LogP contribution in [0.25, 0.3) is 0 Å². The van der Waals surface area contributed by atoms with E-state index >= 15 is 0 Å². The highest BCUT2D eigenvalue weighted by molar-refractivity contribution is 5.80. The van der Waals surface area contributed by atoms with Crippen LogP contribution < -0.4 is 4.74 Å². The number of rotatable bonds is 8. The molecule has 2 saturated carbocycles. The lowest BCUT2D eigenvalue weighted by Crippen LogP contribution is -2.12. The Balaban J connectivity index is 1.46. The van der Waals surface area contributed by atoms with Crippen molar-refractivity contribution < 1.29 is 13.5 Å². The van der Waals surface area contributed by atoms with E-state index in [1.165, 1.54) is 6.07 Å². The van der Waals surface area contributed by atoms with E-state index in [4.69, 9.17) is 4.74 Å². The largest absolute Gasteiger partial charge is 0.487 e. The number of halogens is 2. The zero-order chi connectivity index (χ0) is 20.9. The van der Waals surface area contributed by atoms with Crippen LogP contribution in [-0.4, -0.2) is 29.0 Å². The van der Waals surface area contributed by atoms with Gasteiger partial charge in [0.15, 0.2) is 11.6 Å². The highest BCUT2D eigenvalue weighted by Crippen LogP contribution is 2.52. The predicted octanol–water partition coefficient (Wildman–Crippen LogP) is 5.04. The summed E-state index contributed by atoms with van der Waals surface area (Å²) in [6.45, 7) is 3.89. The summed E-state index contributed by atoms with van der Waals surface area (Å²) in [5.74, 6) is -0.936. The van der Waals surface area contributed by atoms with Gasteiger partial charge in [0.05, 0.1) is 12.6 Å². The van der Waals surface area contributed by atoms with Crippen molar-refractivity contribution in [2.45, 2.75) is 50.7 Å². The van der Waals surface area contributed by atoms with Crippen LogP contribution in [0.4, 0.5) is 8.78 Å². The van der Waals surface area contributed by atoms with E-state index in [9.17, 15) is 8.78 Å². The van der Waals surface area contributed by atoms with Crippen molar-refractivity contribution >= 4 is 12.9 Å². The number of hydrogen-bond acceptors (Lipinski definition) is 5. The Hall–Kier alpha value is -2.96. The smallest absolute Gasteiger partial charge is 0.200 e. The summed E-state index contributed by atoms with van der Waals surface area (Å²) in [7, 11) is 0. The standard InChI is InChI=1S/C23H24F2N4O/c1-26-12-16(13-27-14-22-28-7-4-8-29-22)19-11-18(19)15-9-20(24)23(25)21(10-15)30-17-5-2-3-6-17/h4,7-10,12-13,17-19H,1-3,5-6,11,14H2/b16-12+,27-13-. The molecule has 2 aliphatic rings. The van der Waals surface area contributed by atoms with Crippen molar-refractivity contribution in [3.8, 4) is 5.75 Å². The number of aromatic nitrogens is 2. The Kier molecular flexibility index (Phi) is 6.26. The van der Waals surface area contributed by atoms with E-state index in [1.54, 1.807) is 36.9 Å². The lowest BCUT2D eigenvalue weighted by molar-refractivity contribution is 0.198. The van der Waals surface area contributed by atoms with Gasteiger partial charge in [0.25, 0.3) is 0 Å². The average Bonchev–Trinajstić information content (AvgIpc) is 3.39. The number of benzene rings is 1. The first kappa shape index (κ1) is 20.3. The summed E-state index contributed by atoms with van der Waals surface area (Å²) in [6, 6.07) is 4.67. The highest BCUT2D eigenvalue weighted by atomic mass is 19.2. The van der Waals surface area contributed by atoms with Crippen LogP contribution in [0.1, 0.15) is 49.4 Å². The molecule has 1 aromatic carbocycles. The normalized spacial score (nSPS) is 21.9. The second kappa shape index (κ2) is 9.24. The summed E-state index contributed by atoms with van der Waals surface area (Å²) in [5.41, 5.74) is 1.63. The van der Waals surface area contributed by atoms with Crippen LogP contribution in [0.3, 0.4) is 0 Å². The van der Waals surface area contributed by atoms with Gasteiger partial charge in [-0.25, -0.2) is 14.4 Å². The number of aliphatic imine (C=N–C) groups is 2. The molecule has 1 aromatic heterocycles. The van der Waals surface area contributed by atoms with Gasteiger partial charge in [-0.05, 0) is 80.0 Å². The quantitative estimate of drug-likeness (QED) is 0.573. The second-order valence-corrected chi connectivity index (χ2v) is 7.73. The molecule has 2 aromatic rings. The van der Waals surface area contributed by atoms with Crippen LogP contribution in [-0.2, 0) is 6.54 Å². The monoisotopic (exact) mass is 410 g/mol. The van der Waals surface area contributed by atoms with E-state index in [0.717, 1.165) is 43.2 Å². The van der Waals surface area contributed by atoms with Gasteiger partial charge in [-0.1, -0.05) is 0 Å². The van der Waals surface area contributed by atoms with Crippen LogP contribution >= 0.6 is 0 Å². The molecule has 5 nitrogen and oxygen atoms in total. The first-order valence-corrected chi connectivity index (χ1v) is 10.2. The van der Waals surface area contributed by atoms with Crippen LogP contribution in [0.15, 0.2) is 52.4 Å². The third-order valence-electron chi connectivity index (χ3n) is 5.59. The summed E-state index contributed by atoms with van der Waals surface area (Å²) >= 11 is 0. The molecular weight excluding hydrogens is 386 g/mol. The topological polar surface area (TPSA) is 59.7 Å². The van der Waals surface area contributed by atoms with E-state index < -0.39 is 11.6 Å². The zero-order valence-electron chi connectivity index (χ0n) is 16.7. The minimum absolute atomic E-state index is 0.0184. The van der Waals surface area contributed by atoms with Crippen LogP contribution in [0.5, 0.6) is 5.75 Å². The molecule has 2 aliphatic carbocycles. The van der Waals surface area contributed by atoms with E-state index in [2.05, 4.69) is 26.7 Å². The SMILES string of the molecule is C=N/C=C(\C=N/Cc1ncccn1)C1CC1c1cc(F)c(F)c(OC2CCCC2)c1. The Morgan fingerprint density at radius 3 is 2.70 bits per heavy atom. The van der Waals surface area contributed by atoms with Crippen molar-refractivity contribution in [2.75, 3.05) is 0 Å². The molecule has 0 radical (unpaired) electrons. The number of allylic oxidation sites excluding steroid dienone is 1. The van der Waals surface area contributed by atoms with E-state index in [1.807, 2.05) is 0 Å². The van der Waals surface area contributed by atoms with Crippen molar-refractivity contribution in [3.05, 3.63) is 65.4 Å². The minimum atomic E-state index is -0.907. The molecule has 0 N–H and O–H groups in total. The average molecular weight is 410 g/mol. The van der Waals surface area contributed by atoms with E-state index in [-0.39, 0.29) is 23.7 Å². The molecule has 2 fully saturated rings. The maximum atomic E-state index is 14.3. The van der Waals surface area contributed by atoms with Crippen molar-refractivity contribution in [1.29, 1.82) is 0 Å². The fourth-order valence-corrected chi connectivity index (χ4v) is 3.98. The molecule has 0 aliphatic heterocycles. The molecule has 0 bridgehead atoms. The summed E-state index contributed by atoms with van der Waals surface area (Å²) in [6.07, 6.45) is 11.4. The third-order valence-corrected chi connectivity index (χ3v) is 5.59. The number of ether oxygens (including phenoxy) is 1. The maximum Gasteiger partial charge on any atom is 0.200 e. The first-order chi connectivity index (χ1) is 14.7. The van der Waals surface area contributed by atoms with E-state index in [0.29, 0.717) is 12.4 Å². The summed E-state index contributed by atoms with van der Waals surface area (Å²) in [4.78, 5) is 16.6. The van der Waals surface area contributed by atoms with Gasteiger partial charge < -0.3 is 4.74 Å². The molecule has 2 atom stereocenters. The summed E-state index contributed by atoms with van der Waals surface area (Å²) < 4.78 is 34.2. The fraction of sp³-hybridized carbons (Fsp3) is 0.391. The Morgan fingerprint density at radius 2 is 1.97 bits per heavy atom. The van der Waals surface area contributed by atoms with Gasteiger partial charge in [0, 0.05) is 24.8 Å². The lowest BCUT2D eigenvalue weighted by Gasteiger charge is -2.15. The predicted molar refractivity (Wildman–Crippen MR) is 112 cm³/mol. The molecule has 156 valence electrons. The lowest BCUT2D eigenvalue weighted by atomic mass is 10.0. The van der Waals surface area contributed by atoms with Gasteiger partial charge in [-0.2, -0.15) is 4.39 Å². The van der Waals surface area contributed by atoms with Crippen molar-refractivity contribution in [1.82, 2.24) is 9.97 Å². The highest BCUT2D eigenvalue weighted by Gasteiger charge is 2.41. The van der Waals surface area contributed by atoms with Crippen molar-refractivity contribution in [3.63, 3.8) is 0 Å². The fourth-order valence-electron chi connectivity index (χ4n) is 3.98.